The molecule has 6 nitrogen and oxygen atoms in total. The first-order valence-electron chi connectivity index (χ1n) is 20.4. The first kappa shape index (κ1) is 36.7. The number of fused-ring (bicyclic) bond motifs is 3. The minimum atomic E-state index is 0.573. The van der Waals surface area contributed by atoms with Gasteiger partial charge in [0.2, 0.25) is 0 Å². The average Bonchev–Trinajstić information content (AvgIpc) is 3.67. The summed E-state index contributed by atoms with van der Waals surface area (Å²) in [6.45, 7) is 8.65. The van der Waals surface area contributed by atoms with Gasteiger partial charge in [-0.05, 0) is 73.2 Å². The summed E-state index contributed by atoms with van der Waals surface area (Å²) in [4.78, 5) is 26.2. The van der Waals surface area contributed by atoms with E-state index >= 15 is 0 Å². The van der Waals surface area contributed by atoms with Crippen molar-refractivity contribution in [3.8, 4) is 79.2 Å². The van der Waals surface area contributed by atoms with Gasteiger partial charge in [-0.3, -0.25) is 0 Å². The molecule has 0 bridgehead atoms. The average molecular weight is 776 g/mol. The Bertz CT molecular complexity index is 3230. The smallest absolute Gasteiger partial charge is 0.164 e. The van der Waals surface area contributed by atoms with E-state index in [1.807, 2.05) is 60.7 Å². The maximum Gasteiger partial charge on any atom is 0.164 e. The number of aryl methyl sites for hydroxylation is 2. The maximum absolute atomic E-state index is 6.29. The lowest BCUT2D eigenvalue weighted by molar-refractivity contribution is 0.669. The number of benzene rings is 7. The van der Waals surface area contributed by atoms with Crippen molar-refractivity contribution in [3.63, 3.8) is 0 Å². The van der Waals surface area contributed by atoms with Crippen LogP contribution in [-0.2, 0) is 6.42 Å². The van der Waals surface area contributed by atoms with Gasteiger partial charge >= 0.3 is 0 Å². The van der Waals surface area contributed by atoms with Crippen molar-refractivity contribution in [2.75, 3.05) is 0 Å². The summed E-state index contributed by atoms with van der Waals surface area (Å²) in [6.07, 6.45) is 0.793. The summed E-state index contributed by atoms with van der Waals surface area (Å²) >= 11 is 0. The SMILES string of the molecule is CCc1c(-c2ccccc2)nc(-c2cccc(C)c2-c2cccc(-c3nc(-c4ccccc4)nc(-c4ccc5c(c4)oc4ccccc45)n3)c2C)nc1-c1ccccc1C. The minimum Gasteiger partial charge on any atom is -0.456 e. The highest BCUT2D eigenvalue weighted by Gasteiger charge is 2.23. The Hall–Kier alpha value is -7.57. The molecule has 6 heteroatoms. The quantitative estimate of drug-likeness (QED) is 0.153. The zero-order valence-electron chi connectivity index (χ0n) is 33.9. The predicted octanol–water partition coefficient (Wildman–Crippen LogP) is 13.7. The van der Waals surface area contributed by atoms with Gasteiger partial charge in [-0.2, -0.15) is 0 Å². The number of aromatic nitrogens is 5. The molecule has 10 aromatic rings. The van der Waals surface area contributed by atoms with Gasteiger partial charge in [-0.15, -0.1) is 0 Å². The van der Waals surface area contributed by atoms with Crippen molar-refractivity contribution in [1.29, 1.82) is 0 Å². The first-order chi connectivity index (χ1) is 29.4. The summed E-state index contributed by atoms with van der Waals surface area (Å²) in [5, 5.41) is 2.14. The van der Waals surface area contributed by atoms with E-state index in [1.54, 1.807) is 0 Å². The fourth-order valence-electron chi connectivity index (χ4n) is 8.40. The molecular formula is C54H41N5O. The van der Waals surface area contributed by atoms with Gasteiger partial charge < -0.3 is 4.42 Å². The van der Waals surface area contributed by atoms with Crippen molar-refractivity contribution in [2.45, 2.75) is 34.1 Å². The van der Waals surface area contributed by atoms with E-state index in [9.17, 15) is 0 Å². The molecule has 7 aromatic carbocycles. The lowest BCUT2D eigenvalue weighted by Crippen LogP contribution is -2.05. The number of rotatable bonds is 8. The van der Waals surface area contributed by atoms with Gasteiger partial charge in [0, 0.05) is 49.7 Å². The summed E-state index contributed by atoms with van der Waals surface area (Å²) in [5.74, 6) is 2.45. The fraction of sp³-hybridized carbons (Fsp3) is 0.0926. The summed E-state index contributed by atoms with van der Waals surface area (Å²) in [5.41, 5.74) is 16.0. The van der Waals surface area contributed by atoms with Crippen LogP contribution in [0.5, 0.6) is 0 Å². The van der Waals surface area contributed by atoms with Gasteiger partial charge in [0.05, 0.1) is 11.4 Å². The predicted molar refractivity (Wildman–Crippen MR) is 244 cm³/mol. The normalized spacial score (nSPS) is 11.4. The van der Waals surface area contributed by atoms with E-state index < -0.39 is 0 Å². The zero-order valence-corrected chi connectivity index (χ0v) is 33.9. The molecule has 10 rings (SSSR count). The molecule has 0 N–H and O–H groups in total. The highest BCUT2D eigenvalue weighted by Crippen LogP contribution is 2.41. The molecule has 0 radical (unpaired) electrons. The molecule has 288 valence electrons. The van der Waals surface area contributed by atoms with Crippen LogP contribution in [0, 0.1) is 20.8 Å². The molecule has 60 heavy (non-hydrogen) atoms. The Morgan fingerprint density at radius 2 is 0.967 bits per heavy atom. The van der Waals surface area contributed by atoms with E-state index in [-0.39, 0.29) is 0 Å². The third kappa shape index (κ3) is 6.52. The van der Waals surface area contributed by atoms with Crippen LogP contribution in [0.1, 0.15) is 29.2 Å². The van der Waals surface area contributed by atoms with Gasteiger partial charge in [0.25, 0.3) is 0 Å². The van der Waals surface area contributed by atoms with E-state index in [1.165, 1.54) is 5.56 Å². The molecule has 3 aromatic heterocycles. The van der Waals surface area contributed by atoms with Crippen molar-refractivity contribution in [1.82, 2.24) is 24.9 Å². The Labute approximate surface area is 349 Å². The molecule has 0 saturated heterocycles. The Morgan fingerprint density at radius 3 is 1.75 bits per heavy atom. The topological polar surface area (TPSA) is 77.6 Å². The van der Waals surface area contributed by atoms with Crippen molar-refractivity contribution in [2.24, 2.45) is 0 Å². The van der Waals surface area contributed by atoms with E-state index in [0.29, 0.717) is 23.3 Å². The number of furan rings is 1. The second kappa shape index (κ2) is 15.3. The highest BCUT2D eigenvalue weighted by atomic mass is 16.3. The summed E-state index contributed by atoms with van der Waals surface area (Å²) in [6, 6.07) is 56.1. The molecule has 0 atom stereocenters. The van der Waals surface area contributed by atoms with E-state index in [4.69, 9.17) is 29.3 Å². The van der Waals surface area contributed by atoms with Crippen molar-refractivity contribution >= 4 is 21.9 Å². The Kier molecular flexibility index (Phi) is 9.38. The molecule has 0 spiro atoms. The van der Waals surface area contributed by atoms with Crippen LogP contribution < -0.4 is 0 Å². The first-order valence-corrected chi connectivity index (χ1v) is 20.4. The zero-order chi connectivity index (χ0) is 40.7. The van der Waals surface area contributed by atoms with Crippen LogP contribution in [0.15, 0.2) is 168 Å². The number of nitrogens with zero attached hydrogens (tertiary/aromatic N) is 5. The molecule has 0 fully saturated rings. The Balaban J connectivity index is 1.16. The van der Waals surface area contributed by atoms with Crippen LogP contribution in [0.4, 0.5) is 0 Å². The molecule has 0 unspecified atom stereocenters. The summed E-state index contributed by atoms with van der Waals surface area (Å²) < 4.78 is 6.29. The number of hydrogen-bond acceptors (Lipinski definition) is 6. The van der Waals surface area contributed by atoms with Gasteiger partial charge in [0.1, 0.15) is 11.2 Å². The van der Waals surface area contributed by atoms with Crippen LogP contribution >= 0.6 is 0 Å². The lowest BCUT2D eigenvalue weighted by Gasteiger charge is -2.20. The third-order valence-corrected chi connectivity index (χ3v) is 11.5. The molecule has 0 aliphatic rings. The largest absolute Gasteiger partial charge is 0.456 e. The van der Waals surface area contributed by atoms with E-state index in [0.717, 1.165) is 101 Å². The van der Waals surface area contributed by atoms with Crippen molar-refractivity contribution in [3.05, 3.63) is 186 Å². The van der Waals surface area contributed by atoms with Crippen LogP contribution in [0.25, 0.3) is 101 Å². The molecule has 0 aliphatic carbocycles. The second-order valence-corrected chi connectivity index (χ2v) is 15.2. The highest BCUT2D eigenvalue weighted by molar-refractivity contribution is 6.05. The molecule has 0 aliphatic heterocycles. The summed E-state index contributed by atoms with van der Waals surface area (Å²) in [7, 11) is 0. The number of para-hydroxylation sites is 1. The fourth-order valence-corrected chi connectivity index (χ4v) is 8.40. The van der Waals surface area contributed by atoms with E-state index in [2.05, 4.69) is 131 Å². The molecule has 0 saturated carbocycles. The number of hydrogen-bond donors (Lipinski definition) is 0. The van der Waals surface area contributed by atoms with Crippen LogP contribution in [0.3, 0.4) is 0 Å². The molecule has 0 amide bonds. The van der Waals surface area contributed by atoms with Crippen molar-refractivity contribution < 1.29 is 4.42 Å². The third-order valence-electron chi connectivity index (χ3n) is 11.5. The maximum atomic E-state index is 6.29. The Morgan fingerprint density at radius 1 is 0.400 bits per heavy atom. The van der Waals surface area contributed by atoms with Gasteiger partial charge in [-0.1, -0.05) is 153 Å². The lowest BCUT2D eigenvalue weighted by atomic mass is 9.89. The standard InChI is InChI=1S/C54H41N5O/c1-5-39-49(36-20-8-6-9-21-36)55-54(56-50(39)40-24-13-12-18-33(40)2)45-28-16-19-34(3)48(45)41-26-17-27-42(35(41)4)53-58-51(37-22-10-7-11-23-37)57-52(59-53)38-30-31-44-43-25-14-15-29-46(43)60-47(44)32-38/h6-32H,5H2,1-4H3. The second-order valence-electron chi connectivity index (χ2n) is 15.2. The molecular weight excluding hydrogens is 735 g/mol. The molecule has 3 heterocycles. The minimum absolute atomic E-state index is 0.573. The van der Waals surface area contributed by atoms with Crippen LogP contribution in [-0.4, -0.2) is 24.9 Å². The van der Waals surface area contributed by atoms with Gasteiger partial charge in [0.15, 0.2) is 23.3 Å². The van der Waals surface area contributed by atoms with Crippen LogP contribution in [0.2, 0.25) is 0 Å². The monoisotopic (exact) mass is 775 g/mol. The van der Waals surface area contributed by atoms with Gasteiger partial charge in [-0.25, -0.2) is 24.9 Å².